The lowest BCUT2D eigenvalue weighted by Gasteiger charge is -2.21. The van der Waals surface area contributed by atoms with E-state index in [1.807, 2.05) is 27.0 Å². The van der Waals surface area contributed by atoms with E-state index in [9.17, 15) is 0 Å². The van der Waals surface area contributed by atoms with E-state index in [0.29, 0.717) is 5.82 Å². The zero-order chi connectivity index (χ0) is 14.0. The van der Waals surface area contributed by atoms with Crippen molar-refractivity contribution >= 4 is 5.82 Å². The molecule has 1 atom stereocenters. The summed E-state index contributed by atoms with van der Waals surface area (Å²) < 4.78 is 0. The second kappa shape index (κ2) is 5.36. The molecule has 0 radical (unpaired) electrons. The van der Waals surface area contributed by atoms with E-state index < -0.39 is 0 Å². The van der Waals surface area contributed by atoms with Gasteiger partial charge in [-0.15, -0.1) is 0 Å². The largest absolute Gasteiger partial charge is 0.383 e. The van der Waals surface area contributed by atoms with Crippen molar-refractivity contribution in [2.75, 3.05) is 12.8 Å². The maximum atomic E-state index is 6.04. The van der Waals surface area contributed by atoms with Crippen LogP contribution in [0.5, 0.6) is 0 Å². The number of aryl methyl sites for hydroxylation is 3. The number of nitrogens with one attached hydrogen (secondary N) is 1. The van der Waals surface area contributed by atoms with E-state index in [0.717, 1.165) is 28.1 Å². The molecule has 0 saturated heterocycles. The quantitative estimate of drug-likeness (QED) is 0.884. The summed E-state index contributed by atoms with van der Waals surface area (Å²) >= 11 is 0. The van der Waals surface area contributed by atoms with Gasteiger partial charge in [-0.25, -0.2) is 4.98 Å². The molecule has 0 amide bonds. The van der Waals surface area contributed by atoms with Gasteiger partial charge in [0.1, 0.15) is 5.82 Å². The Bertz CT molecular complexity index is 552. The van der Waals surface area contributed by atoms with Crippen LogP contribution in [0.4, 0.5) is 5.82 Å². The smallest absolute Gasteiger partial charge is 0.128 e. The highest BCUT2D eigenvalue weighted by atomic mass is 14.9. The van der Waals surface area contributed by atoms with Crippen molar-refractivity contribution < 1.29 is 0 Å². The summed E-state index contributed by atoms with van der Waals surface area (Å²) in [5, 5.41) is 3.32. The number of nitrogen functional groups attached to an aromatic ring is 1. The molecule has 0 aliphatic carbocycles. The Balaban J connectivity index is 2.56. The minimum Gasteiger partial charge on any atom is -0.383 e. The highest BCUT2D eigenvalue weighted by Crippen LogP contribution is 2.28. The van der Waals surface area contributed by atoms with Crippen LogP contribution in [-0.4, -0.2) is 17.0 Å². The van der Waals surface area contributed by atoms with Crippen LogP contribution in [0.2, 0.25) is 0 Å². The van der Waals surface area contributed by atoms with Gasteiger partial charge in [0, 0.05) is 23.1 Å². The van der Waals surface area contributed by atoms with E-state index in [4.69, 9.17) is 5.73 Å². The number of rotatable bonds is 3. The topological polar surface area (TPSA) is 63.8 Å². The van der Waals surface area contributed by atoms with Crippen molar-refractivity contribution in [3.8, 4) is 0 Å². The fourth-order valence-electron chi connectivity index (χ4n) is 2.48. The van der Waals surface area contributed by atoms with Gasteiger partial charge in [0.2, 0.25) is 0 Å². The van der Waals surface area contributed by atoms with Crippen molar-refractivity contribution in [2.24, 2.45) is 0 Å². The molecule has 0 spiro atoms. The minimum absolute atomic E-state index is 0.0362. The van der Waals surface area contributed by atoms with E-state index in [1.165, 1.54) is 0 Å². The molecule has 0 bridgehead atoms. The molecule has 19 heavy (non-hydrogen) atoms. The maximum absolute atomic E-state index is 6.04. The van der Waals surface area contributed by atoms with Crippen LogP contribution in [0.15, 0.2) is 24.4 Å². The fraction of sp³-hybridized carbons (Fsp3) is 0.333. The number of aromatic nitrogens is 2. The highest BCUT2D eigenvalue weighted by Gasteiger charge is 2.18. The third kappa shape index (κ3) is 2.74. The summed E-state index contributed by atoms with van der Waals surface area (Å²) in [6, 6.07) is 6.19. The summed E-state index contributed by atoms with van der Waals surface area (Å²) in [6.07, 6.45) is 1.74. The van der Waals surface area contributed by atoms with Crippen molar-refractivity contribution in [1.29, 1.82) is 0 Å². The van der Waals surface area contributed by atoms with Crippen LogP contribution < -0.4 is 11.1 Å². The van der Waals surface area contributed by atoms with Crippen LogP contribution in [-0.2, 0) is 0 Å². The number of hydrogen-bond acceptors (Lipinski definition) is 4. The molecule has 0 aromatic carbocycles. The molecule has 2 rings (SSSR count). The molecule has 0 aliphatic heterocycles. The van der Waals surface area contributed by atoms with E-state index in [-0.39, 0.29) is 6.04 Å². The summed E-state index contributed by atoms with van der Waals surface area (Å²) in [5.41, 5.74) is 11.4. The number of nitrogens with two attached hydrogens (primary N) is 1. The molecule has 4 heteroatoms. The van der Waals surface area contributed by atoms with Gasteiger partial charge >= 0.3 is 0 Å². The van der Waals surface area contributed by atoms with Crippen molar-refractivity contribution in [1.82, 2.24) is 15.3 Å². The van der Waals surface area contributed by atoms with Gasteiger partial charge in [-0.1, -0.05) is 0 Å². The van der Waals surface area contributed by atoms with Crippen LogP contribution in [0, 0.1) is 20.8 Å². The molecule has 0 saturated carbocycles. The average molecular weight is 256 g/mol. The molecule has 3 N–H and O–H groups in total. The molecule has 2 aromatic heterocycles. The Kier molecular flexibility index (Phi) is 3.81. The average Bonchev–Trinajstić information content (AvgIpc) is 2.32. The number of hydrogen-bond donors (Lipinski definition) is 2. The molecule has 1 unspecified atom stereocenters. The summed E-state index contributed by atoms with van der Waals surface area (Å²) in [4.78, 5) is 8.62. The summed E-state index contributed by atoms with van der Waals surface area (Å²) in [6.45, 7) is 6.06. The molecule has 100 valence electrons. The SMILES string of the molecule is CNC(c1cc(C)nc(C)c1)c1c(C)ccnc1N. The molecule has 0 fully saturated rings. The highest BCUT2D eigenvalue weighted by molar-refractivity contribution is 5.50. The first-order valence-electron chi connectivity index (χ1n) is 6.36. The van der Waals surface area contributed by atoms with Gasteiger partial charge in [0.05, 0.1) is 6.04 Å². The lowest BCUT2D eigenvalue weighted by molar-refractivity contribution is 0.684. The number of anilines is 1. The number of nitrogens with zero attached hydrogens (tertiary/aromatic N) is 2. The van der Waals surface area contributed by atoms with Crippen LogP contribution in [0.25, 0.3) is 0 Å². The fourth-order valence-corrected chi connectivity index (χ4v) is 2.48. The second-order valence-electron chi connectivity index (χ2n) is 4.83. The maximum Gasteiger partial charge on any atom is 0.128 e. The van der Waals surface area contributed by atoms with Crippen LogP contribution in [0.1, 0.15) is 34.1 Å². The zero-order valence-electron chi connectivity index (χ0n) is 11.9. The lowest BCUT2D eigenvalue weighted by atomic mass is 9.95. The Morgan fingerprint density at radius 3 is 2.32 bits per heavy atom. The second-order valence-corrected chi connectivity index (χ2v) is 4.83. The molecule has 4 nitrogen and oxygen atoms in total. The van der Waals surface area contributed by atoms with Crippen LogP contribution in [0.3, 0.4) is 0 Å². The van der Waals surface area contributed by atoms with Gasteiger partial charge < -0.3 is 11.1 Å². The van der Waals surface area contributed by atoms with Gasteiger partial charge in [0.15, 0.2) is 0 Å². The predicted octanol–water partition coefficient (Wildman–Crippen LogP) is 2.29. The first-order valence-corrected chi connectivity index (χ1v) is 6.36. The van der Waals surface area contributed by atoms with Gasteiger partial charge in [-0.2, -0.15) is 0 Å². The molecule has 2 heterocycles. The Morgan fingerprint density at radius 2 is 1.79 bits per heavy atom. The first-order chi connectivity index (χ1) is 9.02. The zero-order valence-corrected chi connectivity index (χ0v) is 11.9. The van der Waals surface area contributed by atoms with E-state index in [1.54, 1.807) is 6.20 Å². The monoisotopic (exact) mass is 256 g/mol. The Hall–Kier alpha value is -1.94. The van der Waals surface area contributed by atoms with Gasteiger partial charge in [-0.3, -0.25) is 4.98 Å². The molecule has 2 aromatic rings. The Labute approximate surface area is 114 Å². The van der Waals surface area contributed by atoms with Crippen molar-refractivity contribution in [3.63, 3.8) is 0 Å². The third-order valence-corrected chi connectivity index (χ3v) is 3.25. The Morgan fingerprint density at radius 1 is 1.16 bits per heavy atom. The van der Waals surface area contributed by atoms with E-state index in [2.05, 4.69) is 34.3 Å². The first kappa shape index (κ1) is 13.5. The molecular formula is C15H20N4. The van der Waals surface area contributed by atoms with Crippen LogP contribution >= 0.6 is 0 Å². The van der Waals surface area contributed by atoms with Gasteiger partial charge in [0.25, 0.3) is 0 Å². The minimum atomic E-state index is 0.0362. The summed E-state index contributed by atoms with van der Waals surface area (Å²) in [7, 11) is 1.93. The van der Waals surface area contributed by atoms with Crippen molar-refractivity contribution in [2.45, 2.75) is 26.8 Å². The molecular weight excluding hydrogens is 236 g/mol. The number of pyridine rings is 2. The predicted molar refractivity (Wildman–Crippen MR) is 78.0 cm³/mol. The lowest BCUT2D eigenvalue weighted by Crippen LogP contribution is -2.21. The third-order valence-electron chi connectivity index (χ3n) is 3.25. The van der Waals surface area contributed by atoms with Gasteiger partial charge in [-0.05, 0) is 57.1 Å². The normalized spacial score (nSPS) is 12.4. The van der Waals surface area contributed by atoms with Crippen molar-refractivity contribution in [3.05, 3.63) is 52.5 Å². The molecule has 0 aliphatic rings. The van der Waals surface area contributed by atoms with E-state index >= 15 is 0 Å². The standard InChI is InChI=1S/C15H20N4/c1-9-5-6-18-15(16)13(9)14(17-4)12-7-10(2)19-11(3)8-12/h5-8,14,17H,1-4H3,(H2,16,18). The summed E-state index contributed by atoms with van der Waals surface area (Å²) in [5.74, 6) is 0.575.